The summed E-state index contributed by atoms with van der Waals surface area (Å²) in [5.41, 5.74) is 2.17. The monoisotopic (exact) mass is 294 g/mol. The molecular formula is C14H19ClN4O. The summed E-state index contributed by atoms with van der Waals surface area (Å²) in [7, 11) is 2.09. The average Bonchev–Trinajstić information content (AvgIpc) is 2.89. The first-order chi connectivity index (χ1) is 9.24. The highest BCUT2D eigenvalue weighted by molar-refractivity contribution is 5.85. The molecule has 1 fully saturated rings. The van der Waals surface area contributed by atoms with Crippen molar-refractivity contribution in [1.29, 1.82) is 0 Å². The molecule has 0 radical (unpaired) electrons. The lowest BCUT2D eigenvalue weighted by Crippen LogP contribution is -2.44. The predicted molar refractivity (Wildman–Crippen MR) is 80.0 cm³/mol. The number of benzene rings is 1. The normalized spacial score (nSPS) is 19.6. The Bertz CT molecular complexity index is 572. The zero-order valence-corrected chi connectivity index (χ0v) is 12.5. The summed E-state index contributed by atoms with van der Waals surface area (Å²) < 4.78 is 5.39. The van der Waals surface area contributed by atoms with Gasteiger partial charge < -0.3 is 9.84 Å². The smallest absolute Gasteiger partial charge is 0.257 e. The summed E-state index contributed by atoms with van der Waals surface area (Å²) in [5.74, 6) is 1.35. The maximum Gasteiger partial charge on any atom is 0.257 e. The number of piperazine rings is 1. The number of hydrogen-bond acceptors (Lipinski definition) is 5. The van der Waals surface area contributed by atoms with Crippen LogP contribution in [-0.2, 0) is 0 Å². The topological polar surface area (TPSA) is 54.2 Å². The molecule has 1 aromatic heterocycles. The summed E-state index contributed by atoms with van der Waals surface area (Å²) >= 11 is 0. The molecule has 6 heteroatoms. The van der Waals surface area contributed by atoms with Crippen LogP contribution >= 0.6 is 12.4 Å². The van der Waals surface area contributed by atoms with Crippen molar-refractivity contribution in [3.8, 4) is 11.5 Å². The Morgan fingerprint density at radius 1 is 1.40 bits per heavy atom. The van der Waals surface area contributed by atoms with Crippen molar-refractivity contribution in [1.82, 2.24) is 20.4 Å². The van der Waals surface area contributed by atoms with Crippen molar-refractivity contribution in [2.24, 2.45) is 0 Å². The first-order valence-electron chi connectivity index (χ1n) is 6.55. The molecule has 3 rings (SSSR count). The summed E-state index contributed by atoms with van der Waals surface area (Å²) in [5, 5.41) is 7.49. The summed E-state index contributed by atoms with van der Waals surface area (Å²) in [6, 6.07) is 8.30. The van der Waals surface area contributed by atoms with E-state index in [9.17, 15) is 0 Å². The van der Waals surface area contributed by atoms with Crippen molar-refractivity contribution >= 4 is 12.4 Å². The number of halogens is 1. The van der Waals surface area contributed by atoms with Gasteiger partial charge in [-0.25, -0.2) is 0 Å². The molecule has 108 valence electrons. The molecule has 1 aromatic carbocycles. The van der Waals surface area contributed by atoms with E-state index in [1.165, 1.54) is 5.56 Å². The molecule has 5 nitrogen and oxygen atoms in total. The van der Waals surface area contributed by atoms with Gasteiger partial charge in [0.25, 0.3) is 5.89 Å². The van der Waals surface area contributed by atoms with Gasteiger partial charge in [-0.1, -0.05) is 22.9 Å². The molecule has 2 heterocycles. The van der Waals surface area contributed by atoms with Crippen LogP contribution in [0.1, 0.15) is 17.4 Å². The van der Waals surface area contributed by atoms with E-state index in [4.69, 9.17) is 4.52 Å². The first-order valence-corrected chi connectivity index (χ1v) is 6.55. The second-order valence-corrected chi connectivity index (χ2v) is 5.03. The zero-order valence-electron chi connectivity index (χ0n) is 11.7. The Morgan fingerprint density at radius 2 is 2.25 bits per heavy atom. The Morgan fingerprint density at radius 3 is 3.00 bits per heavy atom. The fourth-order valence-corrected chi connectivity index (χ4v) is 2.36. The highest BCUT2D eigenvalue weighted by atomic mass is 35.5. The second kappa shape index (κ2) is 6.35. The fourth-order valence-electron chi connectivity index (χ4n) is 2.36. The number of aromatic nitrogens is 2. The van der Waals surface area contributed by atoms with Crippen LogP contribution in [0.15, 0.2) is 28.8 Å². The molecular weight excluding hydrogens is 276 g/mol. The molecule has 1 atom stereocenters. The molecule has 1 saturated heterocycles. The molecule has 1 aliphatic heterocycles. The molecule has 1 aliphatic rings. The lowest BCUT2D eigenvalue weighted by Gasteiger charge is -2.30. The molecule has 0 spiro atoms. The second-order valence-electron chi connectivity index (χ2n) is 5.03. The Balaban J connectivity index is 0.00000147. The van der Waals surface area contributed by atoms with Gasteiger partial charge in [-0.3, -0.25) is 4.90 Å². The molecule has 0 saturated carbocycles. The minimum absolute atomic E-state index is 0. The van der Waals surface area contributed by atoms with Crippen LogP contribution in [-0.4, -0.2) is 41.7 Å². The Kier molecular flexibility index (Phi) is 4.75. The molecule has 1 unspecified atom stereocenters. The van der Waals surface area contributed by atoms with Gasteiger partial charge in [0.05, 0.1) is 6.04 Å². The Labute approximate surface area is 124 Å². The highest BCUT2D eigenvalue weighted by Gasteiger charge is 2.25. The molecule has 0 amide bonds. The first kappa shape index (κ1) is 15.0. The summed E-state index contributed by atoms with van der Waals surface area (Å²) in [6.07, 6.45) is 0. The van der Waals surface area contributed by atoms with Crippen molar-refractivity contribution < 1.29 is 4.52 Å². The summed E-state index contributed by atoms with van der Waals surface area (Å²) in [4.78, 5) is 6.79. The molecule has 0 aliphatic carbocycles. The van der Waals surface area contributed by atoms with Crippen molar-refractivity contribution in [2.75, 3.05) is 26.7 Å². The van der Waals surface area contributed by atoms with E-state index in [2.05, 4.69) is 46.5 Å². The van der Waals surface area contributed by atoms with E-state index < -0.39 is 0 Å². The number of nitrogens with one attached hydrogen (secondary N) is 1. The van der Waals surface area contributed by atoms with Crippen LogP contribution < -0.4 is 5.32 Å². The van der Waals surface area contributed by atoms with Crippen LogP contribution in [0.2, 0.25) is 0 Å². The van der Waals surface area contributed by atoms with Gasteiger partial charge >= 0.3 is 0 Å². The third-order valence-corrected chi connectivity index (χ3v) is 3.52. The van der Waals surface area contributed by atoms with Gasteiger partial charge in [-0.15, -0.1) is 12.4 Å². The maximum absolute atomic E-state index is 5.39. The van der Waals surface area contributed by atoms with Crippen molar-refractivity contribution in [3.63, 3.8) is 0 Å². The third-order valence-electron chi connectivity index (χ3n) is 3.52. The van der Waals surface area contributed by atoms with Crippen LogP contribution in [0.25, 0.3) is 11.5 Å². The van der Waals surface area contributed by atoms with E-state index in [0.29, 0.717) is 5.89 Å². The van der Waals surface area contributed by atoms with E-state index >= 15 is 0 Å². The van der Waals surface area contributed by atoms with Gasteiger partial charge in [-0.2, -0.15) is 4.98 Å². The zero-order chi connectivity index (χ0) is 13.2. The van der Waals surface area contributed by atoms with Crippen LogP contribution in [0, 0.1) is 6.92 Å². The molecule has 20 heavy (non-hydrogen) atoms. The van der Waals surface area contributed by atoms with E-state index in [1.807, 2.05) is 12.1 Å². The van der Waals surface area contributed by atoms with E-state index in [0.717, 1.165) is 31.0 Å². The van der Waals surface area contributed by atoms with Gasteiger partial charge in [-0.05, 0) is 26.1 Å². The number of rotatable bonds is 2. The maximum atomic E-state index is 5.39. The number of hydrogen-bond donors (Lipinski definition) is 1. The lowest BCUT2D eigenvalue weighted by molar-refractivity contribution is 0.190. The quantitative estimate of drug-likeness (QED) is 0.919. The molecule has 0 bridgehead atoms. The average molecular weight is 295 g/mol. The van der Waals surface area contributed by atoms with Crippen LogP contribution in [0.4, 0.5) is 0 Å². The van der Waals surface area contributed by atoms with Crippen LogP contribution in [0.3, 0.4) is 0 Å². The number of likely N-dealkylation sites (N-methyl/N-ethyl adjacent to an activating group) is 1. The number of nitrogens with zero attached hydrogens (tertiary/aromatic N) is 3. The van der Waals surface area contributed by atoms with Gasteiger partial charge in [0.2, 0.25) is 0 Å². The lowest BCUT2D eigenvalue weighted by atomic mass is 10.1. The van der Waals surface area contributed by atoms with Gasteiger partial charge in [0.15, 0.2) is 5.82 Å². The third kappa shape index (κ3) is 3.00. The van der Waals surface area contributed by atoms with E-state index in [-0.39, 0.29) is 18.4 Å². The minimum Gasteiger partial charge on any atom is -0.334 e. The molecule has 2 aromatic rings. The highest BCUT2D eigenvalue weighted by Crippen LogP contribution is 2.23. The SMILES string of the molecule is Cc1cccc(-c2nc(C3CNCCN3C)no2)c1.Cl. The standard InChI is InChI=1S/C14H18N4O.ClH/c1-10-4-3-5-11(8-10)14-16-13(17-19-14)12-9-15-6-7-18(12)2;/h3-5,8,12,15H,6-7,9H2,1-2H3;1H. The van der Waals surface area contributed by atoms with Gasteiger partial charge in [0, 0.05) is 25.2 Å². The van der Waals surface area contributed by atoms with Gasteiger partial charge in [0.1, 0.15) is 0 Å². The predicted octanol–water partition coefficient (Wildman–Crippen LogP) is 2.04. The minimum atomic E-state index is 0. The molecule has 1 N–H and O–H groups in total. The number of aryl methyl sites for hydroxylation is 1. The largest absolute Gasteiger partial charge is 0.334 e. The van der Waals surface area contributed by atoms with Crippen molar-refractivity contribution in [3.05, 3.63) is 35.7 Å². The van der Waals surface area contributed by atoms with Crippen molar-refractivity contribution in [2.45, 2.75) is 13.0 Å². The van der Waals surface area contributed by atoms with E-state index in [1.54, 1.807) is 0 Å². The Hall–Kier alpha value is -1.43. The summed E-state index contributed by atoms with van der Waals surface area (Å²) in [6.45, 7) is 4.93. The fraction of sp³-hybridized carbons (Fsp3) is 0.429. The van der Waals surface area contributed by atoms with Crippen LogP contribution in [0.5, 0.6) is 0 Å².